The average molecular weight is 298 g/mol. The quantitative estimate of drug-likeness (QED) is 0.899. The zero-order valence-electron chi connectivity index (χ0n) is 10.7. The highest BCUT2D eigenvalue weighted by Crippen LogP contribution is 2.30. The van der Waals surface area contributed by atoms with E-state index in [1.54, 1.807) is 0 Å². The van der Waals surface area contributed by atoms with Crippen molar-refractivity contribution in [3.8, 4) is 0 Å². The van der Waals surface area contributed by atoms with Gasteiger partial charge >= 0.3 is 0 Å². The summed E-state index contributed by atoms with van der Waals surface area (Å²) in [4.78, 5) is 0. The highest BCUT2D eigenvalue weighted by atomic mass is 79.9. The predicted octanol–water partition coefficient (Wildman–Crippen LogP) is 3.67. The summed E-state index contributed by atoms with van der Waals surface area (Å²) in [7, 11) is 0. The van der Waals surface area contributed by atoms with Gasteiger partial charge in [0.1, 0.15) is 0 Å². The van der Waals surface area contributed by atoms with Crippen LogP contribution < -0.4 is 5.32 Å². The highest BCUT2D eigenvalue weighted by molar-refractivity contribution is 9.10. The van der Waals surface area contributed by atoms with E-state index in [4.69, 9.17) is 4.74 Å². The minimum atomic E-state index is 0.116. The highest BCUT2D eigenvalue weighted by Gasteiger charge is 2.35. The predicted molar refractivity (Wildman–Crippen MR) is 74.1 cm³/mol. The fourth-order valence-corrected chi connectivity index (χ4v) is 2.59. The first-order valence-electron chi connectivity index (χ1n) is 6.19. The molecule has 0 radical (unpaired) electrons. The molecule has 0 bridgehead atoms. The Labute approximate surface area is 112 Å². The summed E-state index contributed by atoms with van der Waals surface area (Å²) in [5.74, 6) is 0. The van der Waals surface area contributed by atoms with Crippen molar-refractivity contribution in [1.29, 1.82) is 0 Å². The molecule has 0 amide bonds. The van der Waals surface area contributed by atoms with Gasteiger partial charge in [0.15, 0.2) is 0 Å². The molecule has 3 heteroatoms. The Kier molecular flexibility index (Phi) is 3.91. The molecule has 17 heavy (non-hydrogen) atoms. The van der Waals surface area contributed by atoms with E-state index >= 15 is 0 Å². The Morgan fingerprint density at radius 2 is 2.06 bits per heavy atom. The molecule has 94 valence electrons. The van der Waals surface area contributed by atoms with Crippen molar-refractivity contribution in [2.75, 3.05) is 6.61 Å². The van der Waals surface area contributed by atoms with Crippen LogP contribution in [0, 0.1) is 0 Å². The molecule has 1 aromatic carbocycles. The summed E-state index contributed by atoms with van der Waals surface area (Å²) in [6, 6.07) is 8.73. The van der Waals surface area contributed by atoms with Gasteiger partial charge in [-0.25, -0.2) is 0 Å². The van der Waals surface area contributed by atoms with Crippen LogP contribution in [0.2, 0.25) is 0 Å². The molecule has 1 heterocycles. The Bertz CT molecular complexity index is 378. The molecular formula is C14H20BrNO. The number of hydrogen-bond acceptors (Lipinski definition) is 2. The van der Waals surface area contributed by atoms with Crippen LogP contribution in [0.3, 0.4) is 0 Å². The topological polar surface area (TPSA) is 21.3 Å². The van der Waals surface area contributed by atoms with E-state index in [0.717, 1.165) is 17.5 Å². The Balaban J connectivity index is 2.12. The van der Waals surface area contributed by atoms with Crippen molar-refractivity contribution in [3.05, 3.63) is 34.3 Å². The zero-order chi connectivity index (χ0) is 12.5. The smallest absolute Gasteiger partial charge is 0.0976 e. The lowest BCUT2D eigenvalue weighted by atomic mass is 9.92. The van der Waals surface area contributed by atoms with Gasteiger partial charge in [0.2, 0.25) is 0 Å². The van der Waals surface area contributed by atoms with Crippen LogP contribution in [0.1, 0.15) is 38.9 Å². The SMILES string of the molecule is CCC1(C)COC(c2ccc(Br)cc2)C(C)N1. The zero-order valence-corrected chi connectivity index (χ0v) is 12.3. The number of benzene rings is 1. The third kappa shape index (κ3) is 2.90. The molecule has 1 saturated heterocycles. The molecule has 1 aromatic rings. The van der Waals surface area contributed by atoms with E-state index in [0.29, 0.717) is 6.04 Å². The summed E-state index contributed by atoms with van der Waals surface area (Å²) in [5, 5.41) is 3.67. The lowest BCUT2D eigenvalue weighted by Crippen LogP contribution is -2.56. The van der Waals surface area contributed by atoms with Crippen LogP contribution >= 0.6 is 15.9 Å². The molecule has 3 atom stereocenters. The van der Waals surface area contributed by atoms with E-state index in [-0.39, 0.29) is 11.6 Å². The minimum absolute atomic E-state index is 0.116. The number of morpholine rings is 1. The van der Waals surface area contributed by atoms with Crippen molar-refractivity contribution in [2.24, 2.45) is 0 Å². The van der Waals surface area contributed by atoms with Gasteiger partial charge in [-0.05, 0) is 38.0 Å². The lowest BCUT2D eigenvalue weighted by Gasteiger charge is -2.42. The number of ether oxygens (including phenoxy) is 1. The standard InChI is InChI=1S/C14H20BrNO/c1-4-14(3)9-17-13(10(2)16-14)11-5-7-12(15)8-6-11/h5-8,10,13,16H,4,9H2,1-3H3. The van der Waals surface area contributed by atoms with Gasteiger partial charge in [-0.15, -0.1) is 0 Å². The molecule has 1 fully saturated rings. The normalized spacial score (nSPS) is 33.6. The average Bonchev–Trinajstić information content (AvgIpc) is 2.31. The van der Waals surface area contributed by atoms with Crippen molar-refractivity contribution in [1.82, 2.24) is 5.32 Å². The summed E-state index contributed by atoms with van der Waals surface area (Å²) in [5.41, 5.74) is 1.36. The largest absolute Gasteiger partial charge is 0.370 e. The third-order valence-corrected chi connectivity index (χ3v) is 4.12. The number of halogens is 1. The second-order valence-corrected chi connectivity index (χ2v) is 6.05. The lowest BCUT2D eigenvalue weighted by molar-refractivity contribution is -0.0561. The van der Waals surface area contributed by atoms with E-state index in [1.807, 2.05) is 0 Å². The Hall–Kier alpha value is -0.380. The summed E-state index contributed by atoms with van der Waals surface area (Å²) in [6.45, 7) is 7.39. The number of nitrogens with one attached hydrogen (secondary N) is 1. The minimum Gasteiger partial charge on any atom is -0.370 e. The van der Waals surface area contributed by atoms with Gasteiger partial charge in [-0.1, -0.05) is 35.0 Å². The Morgan fingerprint density at radius 3 is 2.59 bits per heavy atom. The second-order valence-electron chi connectivity index (χ2n) is 5.13. The molecular weight excluding hydrogens is 278 g/mol. The van der Waals surface area contributed by atoms with Crippen LogP contribution in [0.25, 0.3) is 0 Å². The molecule has 0 aliphatic carbocycles. The molecule has 1 aliphatic heterocycles. The second kappa shape index (κ2) is 5.09. The molecule has 2 nitrogen and oxygen atoms in total. The van der Waals surface area contributed by atoms with Crippen molar-refractivity contribution >= 4 is 15.9 Å². The van der Waals surface area contributed by atoms with Gasteiger partial charge in [0, 0.05) is 16.1 Å². The first-order chi connectivity index (χ1) is 8.04. The maximum Gasteiger partial charge on any atom is 0.0976 e. The van der Waals surface area contributed by atoms with Crippen LogP contribution in [0.15, 0.2) is 28.7 Å². The van der Waals surface area contributed by atoms with Gasteiger partial charge in [0.25, 0.3) is 0 Å². The first-order valence-corrected chi connectivity index (χ1v) is 6.98. The maximum absolute atomic E-state index is 6.04. The molecule has 2 rings (SSSR count). The van der Waals surface area contributed by atoms with Gasteiger partial charge in [-0.3, -0.25) is 0 Å². The number of rotatable bonds is 2. The fraction of sp³-hybridized carbons (Fsp3) is 0.571. The summed E-state index contributed by atoms with van der Waals surface area (Å²) >= 11 is 3.46. The summed E-state index contributed by atoms with van der Waals surface area (Å²) < 4.78 is 7.15. The van der Waals surface area contributed by atoms with Crippen molar-refractivity contribution in [3.63, 3.8) is 0 Å². The van der Waals surface area contributed by atoms with E-state index in [2.05, 4.69) is 66.3 Å². The molecule has 0 spiro atoms. The fourth-order valence-electron chi connectivity index (χ4n) is 2.33. The van der Waals surface area contributed by atoms with Gasteiger partial charge in [-0.2, -0.15) is 0 Å². The third-order valence-electron chi connectivity index (χ3n) is 3.59. The van der Waals surface area contributed by atoms with E-state index in [1.165, 1.54) is 5.56 Å². The van der Waals surface area contributed by atoms with Crippen LogP contribution in [-0.4, -0.2) is 18.2 Å². The Morgan fingerprint density at radius 1 is 1.41 bits per heavy atom. The van der Waals surface area contributed by atoms with Crippen molar-refractivity contribution in [2.45, 2.75) is 44.9 Å². The van der Waals surface area contributed by atoms with Gasteiger partial charge in [0.05, 0.1) is 12.7 Å². The monoisotopic (exact) mass is 297 g/mol. The van der Waals surface area contributed by atoms with Crippen molar-refractivity contribution < 1.29 is 4.74 Å². The van der Waals surface area contributed by atoms with E-state index in [9.17, 15) is 0 Å². The summed E-state index contributed by atoms with van der Waals surface area (Å²) in [6.07, 6.45) is 1.24. The molecule has 1 N–H and O–H groups in total. The van der Waals surface area contributed by atoms with E-state index < -0.39 is 0 Å². The maximum atomic E-state index is 6.04. The molecule has 0 saturated carbocycles. The van der Waals surface area contributed by atoms with Crippen LogP contribution in [0.4, 0.5) is 0 Å². The number of hydrogen-bond donors (Lipinski definition) is 1. The van der Waals surface area contributed by atoms with Gasteiger partial charge < -0.3 is 10.1 Å². The molecule has 1 aliphatic rings. The molecule has 0 aromatic heterocycles. The molecule has 3 unspecified atom stereocenters. The van der Waals surface area contributed by atoms with Crippen LogP contribution in [-0.2, 0) is 4.74 Å². The first kappa shape index (κ1) is 13.1. The van der Waals surface area contributed by atoms with Crippen LogP contribution in [0.5, 0.6) is 0 Å².